The Bertz CT molecular complexity index is 1240. The van der Waals surface area contributed by atoms with Crippen LogP contribution in [0.1, 0.15) is 31.0 Å². The largest absolute Gasteiger partial charge is 0.493 e. The summed E-state index contributed by atoms with van der Waals surface area (Å²) in [5, 5.41) is 10.4. The van der Waals surface area contributed by atoms with E-state index >= 15 is 0 Å². The molecular formula is C26H30N4O7S. The van der Waals surface area contributed by atoms with Gasteiger partial charge < -0.3 is 34.3 Å². The van der Waals surface area contributed by atoms with Crippen molar-refractivity contribution in [2.45, 2.75) is 19.9 Å². The van der Waals surface area contributed by atoms with E-state index in [0.29, 0.717) is 50.5 Å². The maximum absolute atomic E-state index is 12.7. The first kappa shape index (κ1) is 28.3. The molecule has 1 heterocycles. The molecule has 0 aliphatic carbocycles. The zero-order chi connectivity index (χ0) is 27.7. The first-order valence-corrected chi connectivity index (χ1v) is 12.0. The van der Waals surface area contributed by atoms with Crippen molar-refractivity contribution >= 4 is 35.4 Å². The number of carbonyl (C=O) groups excluding carboxylic acids is 2. The van der Waals surface area contributed by atoms with Crippen molar-refractivity contribution in [2.24, 2.45) is 5.10 Å². The summed E-state index contributed by atoms with van der Waals surface area (Å²) in [6.45, 7) is 3.38. The first-order valence-electron chi connectivity index (χ1n) is 11.6. The van der Waals surface area contributed by atoms with Crippen LogP contribution in [0.25, 0.3) is 0 Å². The molecule has 1 atom stereocenters. The highest BCUT2D eigenvalue weighted by molar-refractivity contribution is 7.80. The van der Waals surface area contributed by atoms with Gasteiger partial charge in [-0.2, -0.15) is 5.10 Å². The number of nitrogens with one attached hydrogen (secondary N) is 3. The molecule has 0 radical (unpaired) electrons. The van der Waals surface area contributed by atoms with Gasteiger partial charge in [0.2, 0.25) is 5.75 Å². The van der Waals surface area contributed by atoms with E-state index in [-0.39, 0.29) is 13.2 Å². The Labute approximate surface area is 226 Å². The number of para-hydroxylation sites is 1. The highest BCUT2D eigenvalue weighted by Crippen LogP contribution is 2.38. The Morgan fingerprint density at radius 2 is 1.76 bits per heavy atom. The van der Waals surface area contributed by atoms with Crippen molar-refractivity contribution in [1.29, 1.82) is 0 Å². The Balaban J connectivity index is 1.72. The van der Waals surface area contributed by atoms with Crippen LogP contribution in [0.15, 0.2) is 52.8 Å². The number of thiocarbonyl (C=S) groups is 1. The molecule has 2 aromatic rings. The number of hydrogen-bond donors (Lipinski definition) is 3. The summed E-state index contributed by atoms with van der Waals surface area (Å²) in [6, 6.07) is 9.81. The Morgan fingerprint density at radius 1 is 1.08 bits per heavy atom. The summed E-state index contributed by atoms with van der Waals surface area (Å²) in [5.41, 5.74) is 4.61. The second-order valence-electron chi connectivity index (χ2n) is 7.87. The summed E-state index contributed by atoms with van der Waals surface area (Å²) in [4.78, 5) is 25.1. The second-order valence-corrected chi connectivity index (χ2v) is 8.28. The summed E-state index contributed by atoms with van der Waals surface area (Å²) >= 11 is 5.30. The van der Waals surface area contributed by atoms with Gasteiger partial charge in [-0.05, 0) is 44.3 Å². The lowest BCUT2D eigenvalue weighted by atomic mass is 9.95. The van der Waals surface area contributed by atoms with Crippen LogP contribution in [0.2, 0.25) is 0 Å². The molecule has 0 fully saturated rings. The third-order valence-corrected chi connectivity index (χ3v) is 5.66. The quantitative estimate of drug-likeness (QED) is 0.169. The van der Waals surface area contributed by atoms with Gasteiger partial charge in [0.05, 0.1) is 45.8 Å². The maximum atomic E-state index is 12.7. The molecule has 12 heteroatoms. The number of nitrogens with zero attached hydrogens (tertiary/aromatic N) is 1. The van der Waals surface area contributed by atoms with Crippen molar-refractivity contribution in [2.75, 3.05) is 34.5 Å². The van der Waals surface area contributed by atoms with Crippen LogP contribution >= 0.6 is 12.2 Å². The fraction of sp³-hybridized carbons (Fsp3) is 0.308. The lowest BCUT2D eigenvalue weighted by Gasteiger charge is -2.30. The molecule has 1 aliphatic heterocycles. The normalized spacial score (nSPS) is 14.9. The SMILES string of the molecule is CCOC(=O)C1=C(C)NC(=S)N[C@@H]1c1ccccc1OCC(=O)NN=Cc1cc(OC)c(OC)c(OC)c1. The lowest BCUT2D eigenvalue weighted by molar-refractivity contribution is -0.139. The summed E-state index contributed by atoms with van der Waals surface area (Å²) in [7, 11) is 4.53. The molecule has 0 aromatic heterocycles. The van der Waals surface area contributed by atoms with E-state index < -0.39 is 17.9 Å². The molecule has 11 nitrogen and oxygen atoms in total. The molecule has 1 aliphatic rings. The number of carbonyl (C=O) groups is 2. The molecule has 0 saturated heterocycles. The molecule has 38 heavy (non-hydrogen) atoms. The third-order valence-electron chi connectivity index (χ3n) is 5.44. The minimum atomic E-state index is -0.625. The van der Waals surface area contributed by atoms with Crippen LogP contribution in [0.3, 0.4) is 0 Å². The molecule has 3 N–H and O–H groups in total. The van der Waals surface area contributed by atoms with E-state index in [1.807, 2.05) is 0 Å². The average molecular weight is 543 g/mol. The monoisotopic (exact) mass is 542 g/mol. The van der Waals surface area contributed by atoms with Gasteiger partial charge in [-0.3, -0.25) is 4.79 Å². The number of rotatable bonds is 11. The standard InChI is InChI=1S/C26H30N4O7S/c1-6-36-25(32)22-15(2)28-26(38)29-23(22)17-9-7-8-10-18(17)37-14-21(31)30-27-13-16-11-19(33-3)24(35-5)20(12-16)34-4/h7-13,23H,6,14H2,1-5H3,(H,30,31)(H2,28,29,38)/t23-/m1/s1. The average Bonchev–Trinajstić information content (AvgIpc) is 2.91. The van der Waals surface area contributed by atoms with E-state index in [9.17, 15) is 9.59 Å². The van der Waals surface area contributed by atoms with Crippen molar-refractivity contribution in [3.05, 3.63) is 58.8 Å². The fourth-order valence-corrected chi connectivity index (χ4v) is 4.06. The molecule has 0 saturated carbocycles. The molecule has 2 aromatic carbocycles. The second kappa shape index (κ2) is 13.3. The Hall–Kier alpha value is -4.32. The summed E-state index contributed by atoms with van der Waals surface area (Å²) in [5.74, 6) is 0.784. The first-order chi connectivity index (χ1) is 18.3. The van der Waals surface area contributed by atoms with Gasteiger partial charge >= 0.3 is 5.97 Å². The highest BCUT2D eigenvalue weighted by atomic mass is 32.1. The number of allylic oxidation sites excluding steroid dienone is 1. The topological polar surface area (TPSA) is 129 Å². The smallest absolute Gasteiger partial charge is 0.338 e. The van der Waals surface area contributed by atoms with E-state index in [2.05, 4.69) is 21.2 Å². The number of hydrazone groups is 1. The van der Waals surface area contributed by atoms with Gasteiger partial charge in [-0.25, -0.2) is 10.2 Å². The van der Waals surface area contributed by atoms with E-state index in [0.717, 1.165) is 0 Å². The van der Waals surface area contributed by atoms with Gasteiger partial charge in [-0.15, -0.1) is 0 Å². The van der Waals surface area contributed by atoms with Gasteiger partial charge in [0.1, 0.15) is 5.75 Å². The maximum Gasteiger partial charge on any atom is 0.338 e. The van der Waals surface area contributed by atoms with E-state index in [4.69, 9.17) is 35.9 Å². The van der Waals surface area contributed by atoms with E-state index in [1.165, 1.54) is 27.5 Å². The zero-order valence-electron chi connectivity index (χ0n) is 21.7. The van der Waals surface area contributed by atoms with Crippen molar-refractivity contribution in [3.63, 3.8) is 0 Å². The van der Waals surface area contributed by atoms with Crippen LogP contribution < -0.4 is 35.0 Å². The van der Waals surface area contributed by atoms with Crippen LogP contribution in [-0.4, -0.2) is 57.7 Å². The number of benzene rings is 2. The van der Waals surface area contributed by atoms with Gasteiger partial charge in [0.25, 0.3) is 5.91 Å². The minimum absolute atomic E-state index is 0.224. The predicted molar refractivity (Wildman–Crippen MR) is 145 cm³/mol. The van der Waals surface area contributed by atoms with Crippen molar-refractivity contribution in [1.82, 2.24) is 16.1 Å². The summed E-state index contributed by atoms with van der Waals surface area (Å²) < 4.78 is 27.0. The van der Waals surface area contributed by atoms with Crippen LogP contribution in [0.5, 0.6) is 23.0 Å². The van der Waals surface area contributed by atoms with Gasteiger partial charge in [0.15, 0.2) is 23.2 Å². The molecule has 3 rings (SSSR count). The highest BCUT2D eigenvalue weighted by Gasteiger charge is 2.32. The fourth-order valence-electron chi connectivity index (χ4n) is 3.79. The molecule has 0 unspecified atom stereocenters. The molecule has 0 bridgehead atoms. The molecule has 202 valence electrons. The third kappa shape index (κ3) is 6.71. The Morgan fingerprint density at radius 3 is 2.39 bits per heavy atom. The van der Waals surface area contributed by atoms with Crippen LogP contribution in [0.4, 0.5) is 0 Å². The number of ether oxygens (including phenoxy) is 5. The zero-order valence-corrected chi connectivity index (χ0v) is 22.6. The number of esters is 1. The number of amides is 1. The van der Waals surface area contributed by atoms with Crippen LogP contribution in [0, 0.1) is 0 Å². The molecule has 1 amide bonds. The Kier molecular flexibility index (Phi) is 9.88. The molecular weight excluding hydrogens is 512 g/mol. The van der Waals surface area contributed by atoms with Crippen molar-refractivity contribution < 1.29 is 33.3 Å². The van der Waals surface area contributed by atoms with Gasteiger partial charge in [-0.1, -0.05) is 18.2 Å². The van der Waals surface area contributed by atoms with Crippen LogP contribution in [-0.2, 0) is 14.3 Å². The van der Waals surface area contributed by atoms with E-state index in [1.54, 1.807) is 50.2 Å². The number of hydrogen-bond acceptors (Lipinski definition) is 9. The predicted octanol–water partition coefficient (Wildman–Crippen LogP) is 2.60. The minimum Gasteiger partial charge on any atom is -0.493 e. The number of methoxy groups -OCH3 is 3. The molecule has 0 spiro atoms. The van der Waals surface area contributed by atoms with Crippen molar-refractivity contribution in [3.8, 4) is 23.0 Å². The summed E-state index contributed by atoms with van der Waals surface area (Å²) in [6.07, 6.45) is 1.44. The van der Waals surface area contributed by atoms with Gasteiger partial charge in [0, 0.05) is 16.8 Å². The lowest BCUT2D eigenvalue weighted by Crippen LogP contribution is -2.45.